The molecule has 0 aliphatic carbocycles. The number of allylic oxidation sites excluding steroid dienone is 4. The van der Waals surface area contributed by atoms with Crippen LogP contribution < -0.4 is 5.32 Å². The summed E-state index contributed by atoms with van der Waals surface area (Å²) >= 11 is 0. The average molecular weight is 928 g/mol. The fraction of sp³-hybridized carbons (Fsp3) is 0.865. The second-order valence-electron chi connectivity index (χ2n) is 18.1. The van der Waals surface area contributed by atoms with E-state index in [4.69, 9.17) is 13.8 Å². The van der Waals surface area contributed by atoms with E-state index in [9.17, 15) is 34.1 Å². The highest BCUT2D eigenvalue weighted by molar-refractivity contribution is 7.47. The Kier molecular flexibility index (Phi) is 45.9. The molecule has 0 spiro atoms. The molecule has 0 aliphatic rings. The lowest BCUT2D eigenvalue weighted by molar-refractivity contribution is -0.147. The molecule has 0 radical (unpaired) electrons. The molecule has 0 aliphatic heterocycles. The monoisotopic (exact) mass is 928 g/mol. The highest BCUT2D eigenvalue weighted by Crippen LogP contribution is 2.43. The van der Waals surface area contributed by atoms with Crippen LogP contribution in [0.3, 0.4) is 0 Å². The van der Waals surface area contributed by atoms with Gasteiger partial charge in [-0.2, -0.15) is 0 Å². The third-order valence-electron chi connectivity index (χ3n) is 11.7. The van der Waals surface area contributed by atoms with Crippen molar-refractivity contribution in [3.05, 3.63) is 24.3 Å². The van der Waals surface area contributed by atoms with E-state index in [1.807, 2.05) is 0 Å². The molecule has 0 bridgehead atoms. The van der Waals surface area contributed by atoms with Gasteiger partial charge in [0.1, 0.15) is 12.7 Å². The van der Waals surface area contributed by atoms with Gasteiger partial charge in [0.2, 0.25) is 5.91 Å². The van der Waals surface area contributed by atoms with Crippen LogP contribution in [0.4, 0.5) is 0 Å². The Labute approximate surface area is 391 Å². The van der Waals surface area contributed by atoms with Gasteiger partial charge in [0.25, 0.3) is 0 Å². The van der Waals surface area contributed by atoms with Gasteiger partial charge in [-0.15, -0.1) is 0 Å². The summed E-state index contributed by atoms with van der Waals surface area (Å²) in [7, 11) is -4.76. The number of carboxylic acids is 1. The van der Waals surface area contributed by atoms with Gasteiger partial charge in [0.05, 0.1) is 13.2 Å². The molecule has 4 N–H and O–H groups in total. The van der Waals surface area contributed by atoms with Crippen LogP contribution in [0.2, 0.25) is 0 Å². The van der Waals surface area contributed by atoms with Gasteiger partial charge < -0.3 is 25.2 Å². The molecule has 3 atom stereocenters. The number of phosphoric ester groups is 1. The van der Waals surface area contributed by atoms with Crippen LogP contribution in [0.15, 0.2) is 24.3 Å². The van der Waals surface area contributed by atoms with Crippen LogP contribution in [0.5, 0.6) is 0 Å². The third-order valence-corrected chi connectivity index (χ3v) is 12.7. The number of aliphatic hydroxyl groups excluding tert-OH is 1. The first-order chi connectivity index (χ1) is 31.1. The number of hydrogen-bond donors (Lipinski definition) is 4. The minimum absolute atomic E-state index is 0.150. The minimum atomic E-state index is -4.76. The molecule has 0 rings (SSSR count). The Morgan fingerprint density at radius 1 is 0.500 bits per heavy atom. The average Bonchev–Trinajstić information content (AvgIpc) is 3.27. The van der Waals surface area contributed by atoms with Crippen molar-refractivity contribution in [3.63, 3.8) is 0 Å². The zero-order valence-corrected chi connectivity index (χ0v) is 42.0. The van der Waals surface area contributed by atoms with Crippen molar-refractivity contribution in [3.8, 4) is 0 Å². The molecular weight excluding hydrogens is 830 g/mol. The third kappa shape index (κ3) is 46.5. The van der Waals surface area contributed by atoms with Gasteiger partial charge in [-0.05, 0) is 44.9 Å². The van der Waals surface area contributed by atoms with Crippen molar-refractivity contribution in [2.75, 3.05) is 19.8 Å². The van der Waals surface area contributed by atoms with Gasteiger partial charge >= 0.3 is 19.8 Å². The Morgan fingerprint density at radius 2 is 0.859 bits per heavy atom. The van der Waals surface area contributed by atoms with Crippen molar-refractivity contribution < 1.29 is 47.8 Å². The van der Waals surface area contributed by atoms with E-state index in [0.29, 0.717) is 12.8 Å². The number of carbonyl (C=O) groups excluding carboxylic acids is 2. The van der Waals surface area contributed by atoms with Crippen LogP contribution >= 0.6 is 7.82 Å². The Bertz CT molecular complexity index is 1180. The fourth-order valence-corrected chi connectivity index (χ4v) is 8.41. The van der Waals surface area contributed by atoms with E-state index >= 15 is 0 Å². The zero-order chi connectivity index (χ0) is 47.0. The standard InChI is InChI=1S/C52H98NO10P/c1-3-5-7-9-11-13-15-17-19-21-22-23-24-25-26-27-28-29-31-33-35-37-39-41-43-50(55)53-49(52(57)58)47-63-64(59,60)62-46-48(54)45-61-51(56)44-42-40-38-36-34-32-30-20-18-16-14-12-10-8-6-4-2/h14,16,20,30,48-49,54H,3-13,15,17-19,21-29,31-47H2,1-2H3,(H,53,55)(H,57,58)(H,59,60)/b16-14-,30-20-. The van der Waals surface area contributed by atoms with E-state index in [-0.39, 0.29) is 12.8 Å². The van der Waals surface area contributed by atoms with Crippen molar-refractivity contribution in [2.24, 2.45) is 0 Å². The summed E-state index contributed by atoms with van der Waals surface area (Å²) in [4.78, 5) is 46.1. The van der Waals surface area contributed by atoms with Crippen LogP contribution in [-0.4, -0.2) is 64.9 Å². The summed E-state index contributed by atoms with van der Waals surface area (Å²) in [6, 6.07) is -1.55. The second-order valence-corrected chi connectivity index (χ2v) is 19.5. The lowest BCUT2D eigenvalue weighted by atomic mass is 10.0. The summed E-state index contributed by atoms with van der Waals surface area (Å²) in [6.07, 6.45) is 52.1. The number of aliphatic carboxylic acids is 1. The van der Waals surface area contributed by atoms with Crippen molar-refractivity contribution in [1.29, 1.82) is 0 Å². The maximum atomic E-state index is 12.4. The smallest absolute Gasteiger partial charge is 0.472 e. The van der Waals surface area contributed by atoms with E-state index in [2.05, 4.69) is 43.5 Å². The highest BCUT2D eigenvalue weighted by atomic mass is 31.2. The number of ether oxygens (including phenoxy) is 1. The van der Waals surface area contributed by atoms with E-state index in [1.54, 1.807) is 0 Å². The van der Waals surface area contributed by atoms with Gasteiger partial charge in [-0.3, -0.25) is 18.6 Å². The molecule has 64 heavy (non-hydrogen) atoms. The summed E-state index contributed by atoms with van der Waals surface area (Å²) in [6.45, 7) is 2.61. The van der Waals surface area contributed by atoms with Gasteiger partial charge in [0.15, 0.2) is 6.04 Å². The number of hydrogen-bond acceptors (Lipinski definition) is 8. The molecule has 0 aromatic rings. The first kappa shape index (κ1) is 62.0. The second kappa shape index (κ2) is 47.5. The summed E-state index contributed by atoms with van der Waals surface area (Å²) in [5.74, 6) is -2.37. The maximum Gasteiger partial charge on any atom is 0.472 e. The van der Waals surface area contributed by atoms with E-state index in [0.717, 1.165) is 57.8 Å². The predicted octanol–water partition coefficient (Wildman–Crippen LogP) is 14.6. The largest absolute Gasteiger partial charge is 0.480 e. The topological polar surface area (TPSA) is 169 Å². The lowest BCUT2D eigenvalue weighted by Crippen LogP contribution is -2.43. The SMILES string of the molecule is CCCCCC/C=C\C/C=C\CCCCCCCC(=O)OCC(O)COP(=O)(O)OCC(NC(=O)CCCCCCCCCCCCCCCCCCCCCCCCCC)C(=O)O. The Balaban J connectivity index is 3.79. The van der Waals surface area contributed by atoms with Crippen molar-refractivity contribution in [2.45, 2.75) is 270 Å². The summed E-state index contributed by atoms with van der Waals surface area (Å²) < 4.78 is 26.9. The Morgan fingerprint density at radius 3 is 1.28 bits per heavy atom. The van der Waals surface area contributed by atoms with E-state index in [1.165, 1.54) is 161 Å². The molecule has 0 saturated carbocycles. The number of aliphatic hydroxyl groups is 1. The van der Waals surface area contributed by atoms with Gasteiger partial charge in [-0.1, -0.05) is 224 Å². The van der Waals surface area contributed by atoms with Gasteiger partial charge in [-0.25, -0.2) is 9.36 Å². The number of nitrogens with one attached hydrogen (secondary N) is 1. The number of carboxylic acid groups (broad SMARTS) is 1. The molecule has 376 valence electrons. The number of rotatable bonds is 50. The highest BCUT2D eigenvalue weighted by Gasteiger charge is 2.28. The zero-order valence-electron chi connectivity index (χ0n) is 41.1. The normalized spacial score (nSPS) is 13.7. The van der Waals surface area contributed by atoms with Crippen LogP contribution in [0, 0.1) is 0 Å². The first-order valence-electron chi connectivity index (χ1n) is 26.4. The Hall–Kier alpha value is -2.04. The molecule has 1 amide bonds. The summed E-state index contributed by atoms with van der Waals surface area (Å²) in [5, 5.41) is 21.9. The van der Waals surface area contributed by atoms with Crippen molar-refractivity contribution >= 4 is 25.7 Å². The maximum absolute atomic E-state index is 12.4. The number of esters is 1. The summed E-state index contributed by atoms with van der Waals surface area (Å²) in [5.41, 5.74) is 0. The molecule has 0 heterocycles. The minimum Gasteiger partial charge on any atom is -0.480 e. The molecule has 0 aromatic carbocycles. The van der Waals surface area contributed by atoms with Crippen molar-refractivity contribution in [1.82, 2.24) is 5.32 Å². The molecule has 0 aromatic heterocycles. The predicted molar refractivity (Wildman–Crippen MR) is 263 cm³/mol. The van der Waals surface area contributed by atoms with Gasteiger partial charge in [0, 0.05) is 12.8 Å². The molecular formula is C52H98NO10P. The van der Waals surface area contributed by atoms with Crippen LogP contribution in [0.25, 0.3) is 0 Å². The number of phosphoric acid groups is 1. The first-order valence-corrected chi connectivity index (χ1v) is 27.9. The van der Waals surface area contributed by atoms with E-state index < -0.39 is 57.6 Å². The molecule has 11 nitrogen and oxygen atoms in total. The van der Waals surface area contributed by atoms with Crippen LogP contribution in [0.1, 0.15) is 258 Å². The number of unbranched alkanes of at least 4 members (excludes halogenated alkanes) is 32. The molecule has 12 heteroatoms. The number of amides is 1. The molecule has 0 saturated heterocycles. The fourth-order valence-electron chi connectivity index (χ4n) is 7.64. The molecule has 3 unspecified atom stereocenters. The van der Waals surface area contributed by atoms with Crippen LogP contribution in [-0.2, 0) is 32.7 Å². The molecule has 0 fully saturated rings. The quantitative estimate of drug-likeness (QED) is 0.0199. The lowest BCUT2D eigenvalue weighted by Gasteiger charge is -2.18. The number of carbonyl (C=O) groups is 3.